The average molecular weight is 431 g/mol. The molecule has 2 heterocycles. The molecule has 1 aromatic rings. The van der Waals surface area contributed by atoms with Gasteiger partial charge >= 0.3 is 0 Å². The standard InChI is InChI=1S/C23H30N2O4S/c1-3-28-23(29-4-2)18-10-7-11-25(18)22(27)19-21(30-14-24-19)20(26)17-12-15-8-5-6-9-16(15)13-17/h5-6,8-9,12,18-19,21,23-24H,3-4,7,10-11,13-14H2,1-2H3/t18-,19-,21?/m0/s1. The predicted molar refractivity (Wildman–Crippen MR) is 118 cm³/mol. The van der Waals surface area contributed by atoms with Gasteiger partial charge in [0, 0.05) is 37.6 Å². The summed E-state index contributed by atoms with van der Waals surface area (Å²) in [6.07, 6.45) is 4.00. The van der Waals surface area contributed by atoms with E-state index in [0.717, 1.165) is 24.0 Å². The molecule has 1 aliphatic carbocycles. The van der Waals surface area contributed by atoms with Crippen LogP contribution in [0.25, 0.3) is 6.08 Å². The molecule has 7 heteroatoms. The van der Waals surface area contributed by atoms with Gasteiger partial charge in [-0.25, -0.2) is 0 Å². The van der Waals surface area contributed by atoms with Crippen LogP contribution in [-0.4, -0.2) is 65.8 Å². The van der Waals surface area contributed by atoms with E-state index < -0.39 is 17.6 Å². The maximum absolute atomic E-state index is 13.5. The van der Waals surface area contributed by atoms with Crippen LogP contribution in [-0.2, 0) is 25.5 Å². The molecule has 1 amide bonds. The number of likely N-dealkylation sites (tertiary alicyclic amines) is 1. The minimum Gasteiger partial charge on any atom is -0.351 e. The lowest BCUT2D eigenvalue weighted by Crippen LogP contribution is -2.54. The maximum atomic E-state index is 13.5. The molecule has 0 bridgehead atoms. The summed E-state index contributed by atoms with van der Waals surface area (Å²) >= 11 is 1.53. The van der Waals surface area contributed by atoms with Gasteiger partial charge in [0.05, 0.1) is 11.3 Å². The molecule has 2 fully saturated rings. The van der Waals surface area contributed by atoms with Gasteiger partial charge in [-0.05, 0) is 43.9 Å². The van der Waals surface area contributed by atoms with Crippen LogP contribution >= 0.6 is 11.8 Å². The number of nitrogens with one attached hydrogen (secondary N) is 1. The van der Waals surface area contributed by atoms with Crippen molar-refractivity contribution in [2.45, 2.75) is 56.7 Å². The van der Waals surface area contributed by atoms with Crippen molar-refractivity contribution < 1.29 is 19.1 Å². The van der Waals surface area contributed by atoms with Gasteiger partial charge in [0.15, 0.2) is 12.1 Å². The number of hydrogen-bond donors (Lipinski definition) is 1. The van der Waals surface area contributed by atoms with Crippen LogP contribution < -0.4 is 5.32 Å². The number of carbonyl (C=O) groups excluding carboxylic acids is 2. The third kappa shape index (κ3) is 4.21. The minimum atomic E-state index is -0.503. The fraction of sp³-hybridized carbons (Fsp3) is 0.565. The molecule has 0 radical (unpaired) electrons. The van der Waals surface area contributed by atoms with Gasteiger partial charge in [0.1, 0.15) is 6.04 Å². The van der Waals surface area contributed by atoms with E-state index in [2.05, 4.69) is 11.4 Å². The largest absolute Gasteiger partial charge is 0.351 e. The number of thioether (sulfide) groups is 1. The molecule has 162 valence electrons. The van der Waals surface area contributed by atoms with E-state index in [-0.39, 0.29) is 17.7 Å². The molecule has 0 aromatic heterocycles. The summed E-state index contributed by atoms with van der Waals surface area (Å²) in [5.41, 5.74) is 3.08. The molecule has 4 rings (SSSR count). The lowest BCUT2D eigenvalue weighted by Gasteiger charge is -2.33. The zero-order valence-electron chi connectivity index (χ0n) is 17.6. The van der Waals surface area contributed by atoms with Crippen molar-refractivity contribution in [1.82, 2.24) is 10.2 Å². The number of ketones is 1. The van der Waals surface area contributed by atoms with E-state index in [9.17, 15) is 9.59 Å². The Morgan fingerprint density at radius 1 is 1.23 bits per heavy atom. The van der Waals surface area contributed by atoms with Gasteiger partial charge in [-0.2, -0.15) is 0 Å². The quantitative estimate of drug-likeness (QED) is 0.640. The van der Waals surface area contributed by atoms with Crippen molar-refractivity contribution in [2.24, 2.45) is 0 Å². The second-order valence-electron chi connectivity index (χ2n) is 7.84. The number of Topliss-reactive ketones (excluding diaryl/α,β-unsaturated/α-hetero) is 1. The zero-order valence-corrected chi connectivity index (χ0v) is 18.5. The molecule has 0 spiro atoms. The van der Waals surface area contributed by atoms with Crippen molar-refractivity contribution in [3.8, 4) is 0 Å². The van der Waals surface area contributed by atoms with Gasteiger partial charge in [0.25, 0.3) is 0 Å². The lowest BCUT2D eigenvalue weighted by atomic mass is 10.0. The highest BCUT2D eigenvalue weighted by Gasteiger charge is 2.45. The third-order valence-corrected chi connectivity index (χ3v) is 7.21. The highest BCUT2D eigenvalue weighted by Crippen LogP contribution is 2.33. The van der Waals surface area contributed by atoms with Gasteiger partial charge in [-0.15, -0.1) is 11.8 Å². The van der Waals surface area contributed by atoms with Crippen molar-refractivity contribution in [1.29, 1.82) is 0 Å². The van der Waals surface area contributed by atoms with Crippen LogP contribution in [0.4, 0.5) is 0 Å². The van der Waals surface area contributed by atoms with E-state index in [4.69, 9.17) is 9.47 Å². The molecule has 3 atom stereocenters. The monoisotopic (exact) mass is 430 g/mol. The summed E-state index contributed by atoms with van der Waals surface area (Å²) in [5.74, 6) is 0.661. The molecule has 0 saturated carbocycles. The van der Waals surface area contributed by atoms with Gasteiger partial charge < -0.3 is 14.4 Å². The Kier molecular flexibility index (Phi) is 6.93. The number of allylic oxidation sites excluding steroid dienone is 1. The first-order chi connectivity index (χ1) is 14.6. The molecule has 1 aromatic carbocycles. The molecular weight excluding hydrogens is 400 g/mol. The molecular formula is C23H30N2O4S. The minimum absolute atomic E-state index is 0.0126. The number of benzene rings is 1. The summed E-state index contributed by atoms with van der Waals surface area (Å²) in [7, 11) is 0. The molecule has 3 aliphatic rings. The first kappa shape index (κ1) is 21.6. The normalized spacial score (nSPS) is 25.6. The number of carbonyl (C=O) groups is 2. The van der Waals surface area contributed by atoms with Crippen molar-refractivity contribution in [3.63, 3.8) is 0 Å². The number of fused-ring (bicyclic) bond motifs is 1. The summed E-state index contributed by atoms with van der Waals surface area (Å²) < 4.78 is 11.6. The zero-order chi connectivity index (χ0) is 21.1. The molecule has 2 aliphatic heterocycles. The van der Waals surface area contributed by atoms with Crippen LogP contribution in [0.15, 0.2) is 29.8 Å². The molecule has 1 unspecified atom stereocenters. The Balaban J connectivity index is 1.48. The fourth-order valence-electron chi connectivity index (χ4n) is 4.62. The first-order valence-corrected chi connectivity index (χ1v) is 11.9. The third-order valence-electron chi connectivity index (χ3n) is 6.03. The van der Waals surface area contributed by atoms with E-state index in [1.165, 1.54) is 17.3 Å². The van der Waals surface area contributed by atoms with Crippen LogP contribution in [0.5, 0.6) is 0 Å². The molecule has 30 heavy (non-hydrogen) atoms. The van der Waals surface area contributed by atoms with Crippen molar-refractivity contribution in [2.75, 3.05) is 25.6 Å². The number of hydrogen-bond acceptors (Lipinski definition) is 6. The lowest BCUT2D eigenvalue weighted by molar-refractivity contribution is -0.175. The maximum Gasteiger partial charge on any atom is 0.241 e. The highest BCUT2D eigenvalue weighted by atomic mass is 32.2. The Bertz CT molecular complexity index is 821. The summed E-state index contributed by atoms with van der Waals surface area (Å²) in [6, 6.07) is 7.48. The van der Waals surface area contributed by atoms with Crippen LogP contribution in [0.2, 0.25) is 0 Å². The van der Waals surface area contributed by atoms with E-state index in [0.29, 0.717) is 32.1 Å². The summed E-state index contributed by atoms with van der Waals surface area (Å²) in [4.78, 5) is 28.7. The number of amides is 1. The molecule has 1 N–H and O–H groups in total. The van der Waals surface area contributed by atoms with E-state index in [1.54, 1.807) is 0 Å². The van der Waals surface area contributed by atoms with E-state index in [1.807, 2.05) is 43.0 Å². The Morgan fingerprint density at radius 3 is 2.73 bits per heavy atom. The van der Waals surface area contributed by atoms with Crippen LogP contribution in [0, 0.1) is 0 Å². The number of ether oxygens (including phenoxy) is 2. The smallest absolute Gasteiger partial charge is 0.241 e. The molecule has 6 nitrogen and oxygen atoms in total. The van der Waals surface area contributed by atoms with Crippen LogP contribution in [0.1, 0.15) is 37.8 Å². The van der Waals surface area contributed by atoms with Gasteiger partial charge in [0.2, 0.25) is 5.91 Å². The Labute approximate surface area is 182 Å². The SMILES string of the molecule is CCOC(OCC)[C@@H]1CCCN1C(=O)[C@H]1NCSC1C(=O)C1=Cc2ccccc2C1. The summed E-state index contributed by atoms with van der Waals surface area (Å²) in [5, 5.41) is 2.88. The average Bonchev–Trinajstić information content (AvgIpc) is 3.51. The van der Waals surface area contributed by atoms with Crippen molar-refractivity contribution in [3.05, 3.63) is 41.0 Å². The van der Waals surface area contributed by atoms with Gasteiger partial charge in [-0.1, -0.05) is 24.3 Å². The van der Waals surface area contributed by atoms with E-state index >= 15 is 0 Å². The first-order valence-electron chi connectivity index (χ1n) is 10.8. The number of nitrogens with zero attached hydrogens (tertiary/aromatic N) is 1. The Morgan fingerprint density at radius 2 is 2.00 bits per heavy atom. The predicted octanol–water partition coefficient (Wildman–Crippen LogP) is 2.62. The fourth-order valence-corrected chi connectivity index (χ4v) is 5.79. The second-order valence-corrected chi connectivity index (χ2v) is 8.97. The molecule has 2 saturated heterocycles. The summed E-state index contributed by atoms with van der Waals surface area (Å²) in [6.45, 7) is 5.62. The number of rotatable bonds is 8. The topological polar surface area (TPSA) is 67.9 Å². The Hall–Kier alpha value is -1.67. The van der Waals surface area contributed by atoms with Crippen LogP contribution in [0.3, 0.4) is 0 Å². The van der Waals surface area contributed by atoms with Gasteiger partial charge in [-0.3, -0.25) is 14.9 Å². The second kappa shape index (κ2) is 9.64. The highest BCUT2D eigenvalue weighted by molar-refractivity contribution is 8.01. The van der Waals surface area contributed by atoms with Crippen molar-refractivity contribution >= 4 is 29.5 Å².